The minimum absolute atomic E-state index is 0.230. The lowest BCUT2D eigenvalue weighted by Crippen LogP contribution is -2.10. The molecule has 0 fully saturated rings. The van der Waals surface area contributed by atoms with Gasteiger partial charge in [0, 0.05) is 10.9 Å². The summed E-state index contributed by atoms with van der Waals surface area (Å²) in [7, 11) is 0. The van der Waals surface area contributed by atoms with Gasteiger partial charge in [-0.3, -0.25) is 0 Å². The standard InChI is InChI=1S/C22H19N3O4S/c1-14(20-24-25-21(29-20)16-7-4-3-5-8-16)28-22(26)17-9-6-10-19(11-17)27-12-18-13-30-15(2)23-18/h3-11,13-14H,12H2,1-2H3. The van der Waals surface area contributed by atoms with Gasteiger partial charge in [-0.25, -0.2) is 9.78 Å². The number of carbonyl (C=O) groups excluding carboxylic acids is 1. The molecule has 4 rings (SSSR count). The summed E-state index contributed by atoms with van der Waals surface area (Å²) in [4.78, 5) is 16.9. The molecular weight excluding hydrogens is 402 g/mol. The number of thiazole rings is 1. The zero-order valence-electron chi connectivity index (χ0n) is 16.4. The molecule has 152 valence electrons. The van der Waals surface area contributed by atoms with Crippen LogP contribution in [0.4, 0.5) is 0 Å². The van der Waals surface area contributed by atoms with Gasteiger partial charge in [-0.15, -0.1) is 21.5 Å². The highest BCUT2D eigenvalue weighted by Crippen LogP contribution is 2.24. The Kier molecular flexibility index (Phi) is 5.85. The van der Waals surface area contributed by atoms with Crippen molar-refractivity contribution in [2.45, 2.75) is 26.6 Å². The summed E-state index contributed by atoms with van der Waals surface area (Å²) in [6, 6.07) is 16.2. The van der Waals surface area contributed by atoms with E-state index in [1.165, 1.54) is 0 Å². The van der Waals surface area contributed by atoms with Gasteiger partial charge >= 0.3 is 5.97 Å². The third kappa shape index (κ3) is 4.72. The summed E-state index contributed by atoms with van der Waals surface area (Å²) in [6.07, 6.45) is -0.690. The van der Waals surface area contributed by atoms with E-state index in [1.54, 1.807) is 42.5 Å². The van der Waals surface area contributed by atoms with E-state index >= 15 is 0 Å². The summed E-state index contributed by atoms with van der Waals surface area (Å²) >= 11 is 1.57. The second-order valence-corrected chi connectivity index (χ2v) is 7.60. The van der Waals surface area contributed by atoms with E-state index in [2.05, 4.69) is 15.2 Å². The van der Waals surface area contributed by atoms with Crippen LogP contribution in [0.2, 0.25) is 0 Å². The maximum Gasteiger partial charge on any atom is 0.339 e. The fraction of sp³-hybridized carbons (Fsp3) is 0.182. The smallest absolute Gasteiger partial charge is 0.339 e. The number of aryl methyl sites for hydroxylation is 1. The van der Waals surface area contributed by atoms with Gasteiger partial charge in [-0.1, -0.05) is 24.3 Å². The largest absolute Gasteiger partial charge is 0.487 e. The van der Waals surface area contributed by atoms with Crippen LogP contribution in [0.5, 0.6) is 5.75 Å². The Balaban J connectivity index is 1.39. The molecule has 0 saturated carbocycles. The van der Waals surface area contributed by atoms with Gasteiger partial charge in [-0.2, -0.15) is 0 Å². The van der Waals surface area contributed by atoms with E-state index < -0.39 is 12.1 Å². The molecule has 2 aromatic carbocycles. The summed E-state index contributed by atoms with van der Waals surface area (Å²) in [5, 5.41) is 11.0. The molecule has 4 aromatic rings. The average molecular weight is 421 g/mol. The van der Waals surface area contributed by atoms with Crippen LogP contribution in [0.3, 0.4) is 0 Å². The second-order valence-electron chi connectivity index (χ2n) is 6.53. The molecular formula is C22H19N3O4S. The molecule has 0 radical (unpaired) electrons. The highest BCUT2D eigenvalue weighted by molar-refractivity contribution is 7.09. The van der Waals surface area contributed by atoms with Crippen LogP contribution in [0.25, 0.3) is 11.5 Å². The maximum atomic E-state index is 12.6. The molecule has 0 aliphatic carbocycles. The molecule has 2 aromatic heterocycles. The first kappa shape index (κ1) is 19.8. The van der Waals surface area contributed by atoms with Crippen molar-refractivity contribution in [2.75, 3.05) is 0 Å². The van der Waals surface area contributed by atoms with Gasteiger partial charge in [0.2, 0.25) is 5.89 Å². The van der Waals surface area contributed by atoms with Crippen molar-refractivity contribution < 1.29 is 18.7 Å². The van der Waals surface area contributed by atoms with Crippen molar-refractivity contribution in [3.63, 3.8) is 0 Å². The normalized spacial score (nSPS) is 11.8. The first-order valence-electron chi connectivity index (χ1n) is 9.32. The van der Waals surface area contributed by atoms with Crippen LogP contribution in [0.15, 0.2) is 64.4 Å². The molecule has 0 N–H and O–H groups in total. The van der Waals surface area contributed by atoms with Gasteiger partial charge in [0.25, 0.3) is 5.89 Å². The van der Waals surface area contributed by atoms with Crippen molar-refractivity contribution in [3.8, 4) is 17.2 Å². The minimum Gasteiger partial charge on any atom is -0.487 e. The Morgan fingerprint density at radius 2 is 1.97 bits per heavy atom. The minimum atomic E-state index is -0.690. The van der Waals surface area contributed by atoms with Crippen LogP contribution in [0, 0.1) is 6.92 Å². The predicted molar refractivity (Wildman–Crippen MR) is 111 cm³/mol. The molecule has 0 bridgehead atoms. The zero-order chi connectivity index (χ0) is 20.9. The number of ether oxygens (including phenoxy) is 2. The van der Waals surface area contributed by atoms with E-state index in [-0.39, 0.29) is 5.89 Å². The fourth-order valence-electron chi connectivity index (χ4n) is 2.72. The number of aromatic nitrogens is 3. The summed E-state index contributed by atoms with van der Waals surface area (Å²) in [5.41, 5.74) is 2.02. The van der Waals surface area contributed by atoms with Crippen LogP contribution >= 0.6 is 11.3 Å². The van der Waals surface area contributed by atoms with Crippen LogP contribution < -0.4 is 4.74 Å². The lowest BCUT2D eigenvalue weighted by atomic mass is 10.2. The molecule has 0 aliphatic heterocycles. The van der Waals surface area contributed by atoms with Gasteiger partial charge in [0.15, 0.2) is 6.10 Å². The molecule has 1 unspecified atom stereocenters. The topological polar surface area (TPSA) is 87.3 Å². The highest BCUT2D eigenvalue weighted by atomic mass is 32.1. The van der Waals surface area contributed by atoms with Gasteiger partial charge < -0.3 is 13.9 Å². The Hall–Kier alpha value is -3.52. The van der Waals surface area contributed by atoms with Crippen molar-refractivity contribution in [1.82, 2.24) is 15.2 Å². The van der Waals surface area contributed by atoms with Crippen molar-refractivity contribution in [3.05, 3.63) is 82.1 Å². The number of hydrogen-bond donors (Lipinski definition) is 0. The molecule has 0 aliphatic rings. The second kappa shape index (κ2) is 8.87. The monoisotopic (exact) mass is 421 g/mol. The lowest BCUT2D eigenvalue weighted by molar-refractivity contribution is 0.0279. The number of rotatable bonds is 7. The summed E-state index contributed by atoms with van der Waals surface area (Å²) in [6.45, 7) is 3.97. The molecule has 0 amide bonds. The van der Waals surface area contributed by atoms with Crippen LogP contribution in [-0.4, -0.2) is 21.2 Å². The van der Waals surface area contributed by atoms with E-state index in [4.69, 9.17) is 13.9 Å². The Labute approximate surface area is 177 Å². The molecule has 1 atom stereocenters. The van der Waals surface area contributed by atoms with E-state index in [9.17, 15) is 4.79 Å². The van der Waals surface area contributed by atoms with E-state index in [1.807, 2.05) is 42.6 Å². The Bertz CT molecular complexity index is 1140. The van der Waals surface area contributed by atoms with Gasteiger partial charge in [0.1, 0.15) is 12.4 Å². The van der Waals surface area contributed by atoms with E-state index in [0.717, 1.165) is 16.3 Å². The fourth-order valence-corrected chi connectivity index (χ4v) is 3.32. The summed E-state index contributed by atoms with van der Waals surface area (Å²) in [5.74, 6) is 0.665. The van der Waals surface area contributed by atoms with Crippen molar-refractivity contribution in [1.29, 1.82) is 0 Å². The molecule has 8 heteroatoms. The van der Waals surface area contributed by atoms with Crippen LogP contribution in [0.1, 0.15) is 40.0 Å². The quantitative estimate of drug-likeness (QED) is 0.388. The number of benzene rings is 2. The molecule has 30 heavy (non-hydrogen) atoms. The third-order valence-electron chi connectivity index (χ3n) is 4.22. The third-order valence-corrected chi connectivity index (χ3v) is 5.04. The van der Waals surface area contributed by atoms with Crippen molar-refractivity contribution in [2.24, 2.45) is 0 Å². The van der Waals surface area contributed by atoms with Crippen LogP contribution in [-0.2, 0) is 11.3 Å². The lowest BCUT2D eigenvalue weighted by Gasteiger charge is -2.10. The Morgan fingerprint density at radius 3 is 2.73 bits per heavy atom. The maximum absolute atomic E-state index is 12.6. The SMILES string of the molecule is Cc1nc(COc2cccc(C(=O)OC(C)c3nnc(-c4ccccc4)o3)c2)cs1. The Morgan fingerprint density at radius 1 is 1.13 bits per heavy atom. The average Bonchev–Trinajstić information content (AvgIpc) is 3.42. The summed E-state index contributed by atoms with van der Waals surface area (Å²) < 4.78 is 16.9. The number of hydrogen-bond acceptors (Lipinski definition) is 8. The first-order chi connectivity index (χ1) is 14.6. The zero-order valence-corrected chi connectivity index (χ0v) is 17.3. The predicted octanol–water partition coefficient (Wildman–Crippen LogP) is 5.00. The molecule has 0 saturated heterocycles. The number of esters is 1. The number of carbonyl (C=O) groups is 1. The van der Waals surface area contributed by atoms with Gasteiger partial charge in [0.05, 0.1) is 16.3 Å². The van der Waals surface area contributed by atoms with E-state index in [0.29, 0.717) is 23.8 Å². The molecule has 7 nitrogen and oxygen atoms in total. The van der Waals surface area contributed by atoms with Crippen molar-refractivity contribution >= 4 is 17.3 Å². The first-order valence-corrected chi connectivity index (χ1v) is 10.2. The highest BCUT2D eigenvalue weighted by Gasteiger charge is 2.20. The molecule has 0 spiro atoms. The van der Waals surface area contributed by atoms with Gasteiger partial charge in [-0.05, 0) is 44.2 Å². The molecule has 2 heterocycles. The number of nitrogens with zero attached hydrogens (tertiary/aromatic N) is 3.